The van der Waals surface area contributed by atoms with Gasteiger partial charge in [0.05, 0.1) is 5.25 Å². The van der Waals surface area contributed by atoms with Crippen molar-refractivity contribution in [3.63, 3.8) is 0 Å². The van der Waals surface area contributed by atoms with Crippen molar-refractivity contribution in [3.05, 3.63) is 0 Å². The highest BCUT2D eigenvalue weighted by Gasteiger charge is 2.33. The van der Waals surface area contributed by atoms with Crippen LogP contribution in [0.2, 0.25) is 0 Å². The first-order valence-corrected chi connectivity index (χ1v) is 7.77. The summed E-state index contributed by atoms with van der Waals surface area (Å²) in [5.74, 6) is -1.43. The van der Waals surface area contributed by atoms with Crippen LogP contribution in [0.1, 0.15) is 46.5 Å². The molecule has 0 heterocycles. The lowest BCUT2D eigenvalue weighted by Gasteiger charge is -2.23. The molecule has 1 saturated carbocycles. The zero-order valence-electron chi connectivity index (χ0n) is 11.1. The van der Waals surface area contributed by atoms with Crippen molar-refractivity contribution in [2.75, 3.05) is 5.75 Å². The molecule has 1 aliphatic carbocycles. The fourth-order valence-corrected chi connectivity index (χ4v) is 3.53. The van der Waals surface area contributed by atoms with Gasteiger partial charge in [0.1, 0.15) is 17.1 Å². The van der Waals surface area contributed by atoms with E-state index in [0.29, 0.717) is 19.3 Å². The maximum atomic E-state index is 12.0. The Balaban J connectivity index is 2.64. The number of ether oxygens (including phenoxy) is 1. The molecule has 0 spiro atoms. The minimum Gasteiger partial charge on any atom is -0.459 e. The summed E-state index contributed by atoms with van der Waals surface area (Å²) in [7, 11) is -3.58. The lowest BCUT2D eigenvalue weighted by atomic mass is 9.99. The van der Waals surface area contributed by atoms with E-state index < -0.39 is 32.4 Å². The summed E-state index contributed by atoms with van der Waals surface area (Å²) in [5, 5.41) is -0.716. The third-order valence-electron chi connectivity index (χ3n) is 2.68. The minimum atomic E-state index is -3.58. The monoisotopic (exact) mass is 276 g/mol. The number of rotatable bonds is 3. The van der Waals surface area contributed by atoms with Gasteiger partial charge in [0.25, 0.3) is 0 Å². The van der Waals surface area contributed by atoms with Gasteiger partial charge in [-0.15, -0.1) is 0 Å². The Bertz CT molecular complexity index is 430. The van der Waals surface area contributed by atoms with E-state index >= 15 is 0 Å². The van der Waals surface area contributed by atoms with Gasteiger partial charge in [0, 0.05) is 12.8 Å². The summed E-state index contributed by atoms with van der Waals surface area (Å²) in [6.07, 6.45) is 1.51. The van der Waals surface area contributed by atoms with Gasteiger partial charge in [-0.2, -0.15) is 0 Å². The molecule has 104 valence electrons. The topological polar surface area (TPSA) is 77.5 Å². The molecule has 1 aliphatic rings. The number of carbonyl (C=O) groups excluding carboxylic acids is 2. The molecule has 1 fully saturated rings. The van der Waals surface area contributed by atoms with Crippen molar-refractivity contribution >= 4 is 21.6 Å². The van der Waals surface area contributed by atoms with Crippen LogP contribution in [0.4, 0.5) is 0 Å². The van der Waals surface area contributed by atoms with Crippen LogP contribution in [0, 0.1) is 0 Å². The van der Waals surface area contributed by atoms with E-state index in [1.54, 1.807) is 20.8 Å². The highest BCUT2D eigenvalue weighted by Crippen LogP contribution is 2.22. The van der Waals surface area contributed by atoms with Crippen molar-refractivity contribution < 1.29 is 22.7 Å². The first-order chi connectivity index (χ1) is 8.10. The smallest absolute Gasteiger partial charge is 0.321 e. The first-order valence-electron chi connectivity index (χ1n) is 6.05. The largest absolute Gasteiger partial charge is 0.459 e. The van der Waals surface area contributed by atoms with Crippen LogP contribution >= 0.6 is 0 Å². The molecule has 0 N–H and O–H groups in total. The average Bonchev–Trinajstić information content (AvgIpc) is 2.13. The molecule has 1 rings (SSSR count). The van der Waals surface area contributed by atoms with Gasteiger partial charge in [-0.05, 0) is 33.6 Å². The summed E-state index contributed by atoms with van der Waals surface area (Å²) >= 11 is 0. The Morgan fingerprint density at radius 1 is 1.39 bits per heavy atom. The molecule has 5 nitrogen and oxygen atoms in total. The molecule has 0 radical (unpaired) electrons. The molecule has 0 bridgehead atoms. The molecule has 0 aromatic rings. The quantitative estimate of drug-likeness (QED) is 0.725. The van der Waals surface area contributed by atoms with Gasteiger partial charge < -0.3 is 4.74 Å². The van der Waals surface area contributed by atoms with Crippen molar-refractivity contribution in [1.29, 1.82) is 0 Å². The summed E-state index contributed by atoms with van der Waals surface area (Å²) in [6.45, 7) is 5.05. The van der Waals surface area contributed by atoms with Crippen LogP contribution in [0.25, 0.3) is 0 Å². The number of Topliss-reactive ketones (excluding diaryl/α,β-unsaturated/α-hetero) is 1. The van der Waals surface area contributed by atoms with E-state index in [-0.39, 0.29) is 12.2 Å². The summed E-state index contributed by atoms with van der Waals surface area (Å²) < 4.78 is 28.9. The number of hydrogen-bond donors (Lipinski definition) is 0. The fraction of sp³-hybridized carbons (Fsp3) is 0.833. The second-order valence-electron chi connectivity index (χ2n) is 5.65. The van der Waals surface area contributed by atoms with Gasteiger partial charge in [-0.3, -0.25) is 9.59 Å². The summed E-state index contributed by atoms with van der Waals surface area (Å²) in [5.41, 5.74) is -0.699. The van der Waals surface area contributed by atoms with Crippen molar-refractivity contribution in [3.8, 4) is 0 Å². The molecule has 1 atom stereocenters. The molecular formula is C12H20O5S. The number of esters is 1. The van der Waals surface area contributed by atoms with E-state index in [0.717, 1.165) is 0 Å². The Morgan fingerprint density at radius 2 is 2.00 bits per heavy atom. The number of hydrogen-bond acceptors (Lipinski definition) is 5. The van der Waals surface area contributed by atoms with Crippen LogP contribution in [0.3, 0.4) is 0 Å². The van der Waals surface area contributed by atoms with Gasteiger partial charge >= 0.3 is 5.97 Å². The van der Waals surface area contributed by atoms with Crippen LogP contribution in [0.15, 0.2) is 0 Å². The maximum Gasteiger partial charge on any atom is 0.321 e. The minimum absolute atomic E-state index is 0.0329. The van der Waals surface area contributed by atoms with Crippen molar-refractivity contribution in [2.45, 2.75) is 57.3 Å². The second-order valence-corrected chi connectivity index (χ2v) is 7.93. The summed E-state index contributed by atoms with van der Waals surface area (Å²) in [6, 6.07) is 0. The van der Waals surface area contributed by atoms with Gasteiger partial charge in [0.15, 0.2) is 9.84 Å². The molecule has 0 aromatic carbocycles. The number of carbonyl (C=O) groups is 2. The molecule has 18 heavy (non-hydrogen) atoms. The Kier molecular flexibility index (Phi) is 4.53. The van der Waals surface area contributed by atoms with E-state index in [9.17, 15) is 18.0 Å². The lowest BCUT2D eigenvalue weighted by Crippen LogP contribution is -2.35. The Labute approximate surface area is 108 Å². The van der Waals surface area contributed by atoms with E-state index in [2.05, 4.69) is 0 Å². The average molecular weight is 276 g/mol. The maximum absolute atomic E-state index is 12.0. The van der Waals surface area contributed by atoms with Crippen molar-refractivity contribution in [2.24, 2.45) is 0 Å². The predicted molar refractivity (Wildman–Crippen MR) is 66.9 cm³/mol. The van der Waals surface area contributed by atoms with E-state index in [1.165, 1.54) is 0 Å². The highest BCUT2D eigenvalue weighted by atomic mass is 32.2. The number of sulfone groups is 1. The predicted octanol–water partition coefficient (Wildman–Crippen LogP) is 1.25. The SMILES string of the molecule is CC(C)(C)OC(=O)CS(=O)(=O)C1CCCC(=O)C1. The third-order valence-corrected chi connectivity index (χ3v) is 4.74. The molecular weight excluding hydrogens is 256 g/mol. The van der Waals surface area contributed by atoms with Crippen LogP contribution < -0.4 is 0 Å². The third kappa shape index (κ3) is 4.76. The summed E-state index contributed by atoms with van der Waals surface area (Å²) in [4.78, 5) is 22.8. The van der Waals surface area contributed by atoms with Crippen LogP contribution in [0.5, 0.6) is 0 Å². The molecule has 0 amide bonds. The number of ketones is 1. The molecule has 6 heteroatoms. The van der Waals surface area contributed by atoms with E-state index in [4.69, 9.17) is 4.74 Å². The first kappa shape index (κ1) is 15.1. The lowest BCUT2D eigenvalue weighted by molar-refractivity contribution is -0.151. The zero-order chi connectivity index (χ0) is 14.0. The van der Waals surface area contributed by atoms with Crippen LogP contribution in [-0.2, 0) is 24.2 Å². The molecule has 0 aromatic heterocycles. The molecule has 1 unspecified atom stereocenters. The molecule has 0 aliphatic heterocycles. The van der Waals surface area contributed by atoms with Gasteiger partial charge in [0.2, 0.25) is 0 Å². The van der Waals surface area contributed by atoms with E-state index in [1.807, 2.05) is 0 Å². The molecule has 0 saturated heterocycles. The van der Waals surface area contributed by atoms with Gasteiger partial charge in [-0.25, -0.2) is 8.42 Å². The Hall–Kier alpha value is -0.910. The Morgan fingerprint density at radius 3 is 2.50 bits per heavy atom. The van der Waals surface area contributed by atoms with Gasteiger partial charge in [-0.1, -0.05) is 0 Å². The van der Waals surface area contributed by atoms with Crippen molar-refractivity contribution in [1.82, 2.24) is 0 Å². The van der Waals surface area contributed by atoms with Crippen LogP contribution in [-0.4, -0.2) is 36.8 Å². The standard InChI is InChI=1S/C12H20O5S/c1-12(2,3)17-11(14)8-18(15,16)10-6-4-5-9(13)7-10/h10H,4-8H2,1-3H3. The highest BCUT2D eigenvalue weighted by molar-refractivity contribution is 7.92. The normalized spacial score (nSPS) is 21.7. The fourth-order valence-electron chi connectivity index (χ4n) is 1.94. The zero-order valence-corrected chi connectivity index (χ0v) is 11.9. The second kappa shape index (κ2) is 5.38.